The van der Waals surface area contributed by atoms with E-state index >= 15 is 0 Å². The van der Waals surface area contributed by atoms with Gasteiger partial charge in [0.25, 0.3) is 5.91 Å². The van der Waals surface area contributed by atoms with Gasteiger partial charge in [-0.25, -0.2) is 9.38 Å². The zero-order chi connectivity index (χ0) is 25.1. The number of carbonyl (C=O) groups excluding carboxylic acids is 3. The number of fused-ring (bicyclic) bond motifs is 3. The Bertz CT molecular complexity index is 1240. The van der Waals surface area contributed by atoms with Crippen LogP contribution in [-0.4, -0.2) is 51.3 Å². The van der Waals surface area contributed by atoms with Crippen LogP contribution in [0.1, 0.15) is 60.9 Å². The molecule has 1 aliphatic carbocycles. The van der Waals surface area contributed by atoms with Gasteiger partial charge in [-0.05, 0) is 55.7 Å². The van der Waals surface area contributed by atoms with E-state index in [-0.39, 0.29) is 35.8 Å². The molecule has 1 unspecified atom stereocenters. The number of nitrogens with zero attached hydrogens (tertiary/aromatic N) is 3. The minimum absolute atomic E-state index is 0.0572. The third-order valence-electron chi connectivity index (χ3n) is 6.72. The molecule has 3 aliphatic rings. The van der Waals surface area contributed by atoms with Gasteiger partial charge in [-0.3, -0.25) is 19.3 Å². The van der Waals surface area contributed by atoms with E-state index in [2.05, 4.69) is 10.3 Å². The van der Waals surface area contributed by atoms with Gasteiger partial charge in [-0.2, -0.15) is 4.99 Å². The fraction of sp³-hybridized carbons (Fsp3) is 0.370. The number of para-hydroxylation sites is 1. The van der Waals surface area contributed by atoms with E-state index in [1.165, 1.54) is 42.4 Å². The number of halogens is 1. The van der Waals surface area contributed by atoms with Crippen molar-refractivity contribution in [1.82, 2.24) is 10.2 Å². The summed E-state index contributed by atoms with van der Waals surface area (Å²) in [5.74, 6) is -0.378. The maximum Gasteiger partial charge on any atom is 0.270 e. The van der Waals surface area contributed by atoms with Crippen LogP contribution in [0.4, 0.5) is 10.1 Å². The average Bonchev–Trinajstić information content (AvgIpc) is 3.23. The van der Waals surface area contributed by atoms with Crippen LogP contribution in [0.2, 0.25) is 0 Å². The molecule has 9 heteroatoms. The van der Waals surface area contributed by atoms with Gasteiger partial charge in [0.15, 0.2) is 11.0 Å². The molecule has 5 rings (SSSR count). The molecule has 2 heterocycles. The number of benzene rings is 2. The number of amidine groups is 2. The Morgan fingerprint density at radius 3 is 2.56 bits per heavy atom. The van der Waals surface area contributed by atoms with E-state index in [1.54, 1.807) is 4.90 Å². The molecule has 2 aromatic carbocycles. The van der Waals surface area contributed by atoms with Crippen molar-refractivity contribution in [3.05, 3.63) is 65.5 Å². The normalized spacial score (nSPS) is 19.3. The van der Waals surface area contributed by atoms with Crippen LogP contribution in [0.15, 0.2) is 58.5 Å². The second-order valence-electron chi connectivity index (χ2n) is 9.23. The highest BCUT2D eigenvalue weighted by Gasteiger charge is 2.41. The number of thioether (sulfide) groups is 1. The number of rotatable bonds is 7. The zero-order valence-corrected chi connectivity index (χ0v) is 20.6. The molecule has 2 amide bonds. The first-order valence-electron chi connectivity index (χ1n) is 12.3. The molecular formula is C27H27FN4O3S. The topological polar surface area (TPSA) is 91.2 Å². The maximum atomic E-state index is 13.2. The van der Waals surface area contributed by atoms with Crippen molar-refractivity contribution in [2.45, 2.75) is 57.0 Å². The van der Waals surface area contributed by atoms with E-state index < -0.39 is 11.9 Å². The molecule has 186 valence electrons. The molecule has 1 N–H and O–H groups in total. The molecule has 0 radical (unpaired) electrons. The van der Waals surface area contributed by atoms with Crippen LogP contribution < -0.4 is 5.32 Å². The summed E-state index contributed by atoms with van der Waals surface area (Å²) in [5, 5.41) is 3.60. The summed E-state index contributed by atoms with van der Waals surface area (Å²) in [6.07, 6.45) is 5.98. The number of Topliss-reactive ketones (excluding diaryl/α,β-unsaturated/α-hetero) is 1. The lowest BCUT2D eigenvalue weighted by Crippen LogP contribution is -2.44. The summed E-state index contributed by atoms with van der Waals surface area (Å²) >= 11 is 1.21. The molecule has 1 fully saturated rings. The van der Waals surface area contributed by atoms with Crippen LogP contribution >= 0.6 is 11.8 Å². The lowest BCUT2D eigenvalue weighted by molar-refractivity contribution is -0.123. The van der Waals surface area contributed by atoms with Gasteiger partial charge in [0, 0.05) is 23.6 Å². The van der Waals surface area contributed by atoms with Crippen molar-refractivity contribution in [3.8, 4) is 0 Å². The summed E-state index contributed by atoms with van der Waals surface area (Å²) in [5.41, 5.74) is 1.82. The lowest BCUT2D eigenvalue weighted by atomic mass is 9.95. The Morgan fingerprint density at radius 2 is 1.78 bits per heavy atom. The second kappa shape index (κ2) is 10.7. The average molecular weight is 507 g/mol. The number of ketones is 1. The molecule has 1 atom stereocenters. The number of nitrogens with one attached hydrogen (secondary N) is 1. The van der Waals surface area contributed by atoms with Crippen molar-refractivity contribution in [3.63, 3.8) is 0 Å². The van der Waals surface area contributed by atoms with Gasteiger partial charge in [-0.1, -0.05) is 43.2 Å². The minimum atomic E-state index is -0.655. The van der Waals surface area contributed by atoms with Crippen LogP contribution in [0.3, 0.4) is 0 Å². The van der Waals surface area contributed by atoms with Crippen molar-refractivity contribution < 1.29 is 18.8 Å². The van der Waals surface area contributed by atoms with Crippen LogP contribution in [0.5, 0.6) is 0 Å². The highest BCUT2D eigenvalue weighted by molar-refractivity contribution is 8.14. The predicted molar refractivity (Wildman–Crippen MR) is 138 cm³/mol. The summed E-state index contributed by atoms with van der Waals surface area (Å²) in [4.78, 5) is 49.1. The van der Waals surface area contributed by atoms with Crippen molar-refractivity contribution in [2.75, 3.05) is 5.75 Å². The van der Waals surface area contributed by atoms with Crippen molar-refractivity contribution >= 4 is 46.1 Å². The number of amides is 2. The summed E-state index contributed by atoms with van der Waals surface area (Å²) in [6.45, 7) is 0. The molecule has 0 spiro atoms. The monoisotopic (exact) mass is 506 g/mol. The second-order valence-corrected chi connectivity index (χ2v) is 10.2. The summed E-state index contributed by atoms with van der Waals surface area (Å²) in [7, 11) is 0. The first-order chi connectivity index (χ1) is 17.5. The fourth-order valence-corrected chi connectivity index (χ4v) is 5.78. The SMILES string of the molecule is O=C(CCC1C(=O)N=C2c3ccccc3N=C(SCC(=O)c3ccc(F)cc3)N21)NC1CCCCC1. The Balaban J connectivity index is 1.31. The summed E-state index contributed by atoms with van der Waals surface area (Å²) < 4.78 is 13.2. The van der Waals surface area contributed by atoms with Crippen LogP contribution in [0.25, 0.3) is 0 Å². The number of aliphatic imine (C=N–C) groups is 2. The molecule has 2 aromatic rings. The highest BCUT2D eigenvalue weighted by atomic mass is 32.2. The molecule has 0 aromatic heterocycles. The van der Waals surface area contributed by atoms with Gasteiger partial charge >= 0.3 is 0 Å². The maximum absolute atomic E-state index is 13.2. The Kier molecular flexibility index (Phi) is 7.27. The van der Waals surface area contributed by atoms with Crippen molar-refractivity contribution in [1.29, 1.82) is 0 Å². The van der Waals surface area contributed by atoms with E-state index in [0.717, 1.165) is 31.2 Å². The molecule has 36 heavy (non-hydrogen) atoms. The van der Waals surface area contributed by atoms with E-state index in [1.807, 2.05) is 24.3 Å². The molecular weight excluding hydrogens is 479 g/mol. The molecule has 0 bridgehead atoms. The van der Waals surface area contributed by atoms with Gasteiger partial charge in [0.1, 0.15) is 17.7 Å². The zero-order valence-electron chi connectivity index (χ0n) is 19.8. The molecule has 0 saturated heterocycles. The minimum Gasteiger partial charge on any atom is -0.353 e. The van der Waals surface area contributed by atoms with Gasteiger partial charge in [-0.15, -0.1) is 0 Å². The number of hydrogen-bond acceptors (Lipinski definition) is 6. The predicted octanol–water partition coefficient (Wildman–Crippen LogP) is 4.63. The standard InChI is InChI=1S/C27H27FN4O3S/c28-18-12-10-17(11-13-18)23(33)16-36-27-30-21-9-5-4-8-20(21)25-31-26(35)22(32(25)27)14-15-24(34)29-19-6-2-1-3-7-19/h4-5,8-13,19,22H,1-3,6-7,14-16H2,(H,29,34). The van der Waals surface area contributed by atoms with Crippen LogP contribution in [-0.2, 0) is 9.59 Å². The molecule has 2 aliphatic heterocycles. The highest BCUT2D eigenvalue weighted by Crippen LogP contribution is 2.35. The fourth-order valence-electron chi connectivity index (χ4n) is 4.84. The smallest absolute Gasteiger partial charge is 0.270 e. The first kappa shape index (κ1) is 24.4. The Hall–Kier alpha value is -3.33. The van der Waals surface area contributed by atoms with Crippen molar-refractivity contribution in [2.24, 2.45) is 9.98 Å². The molecule has 1 saturated carbocycles. The third kappa shape index (κ3) is 5.26. The van der Waals surface area contributed by atoms with Gasteiger partial charge in [0.05, 0.1) is 11.4 Å². The Morgan fingerprint density at radius 1 is 1.03 bits per heavy atom. The van der Waals surface area contributed by atoms with E-state index in [4.69, 9.17) is 4.99 Å². The Labute approximate surface area is 213 Å². The van der Waals surface area contributed by atoms with E-state index in [0.29, 0.717) is 28.7 Å². The lowest BCUT2D eigenvalue weighted by Gasteiger charge is -2.31. The van der Waals surface area contributed by atoms with Gasteiger partial charge < -0.3 is 5.32 Å². The van der Waals surface area contributed by atoms with E-state index in [9.17, 15) is 18.8 Å². The number of carbonyl (C=O) groups is 3. The third-order valence-corrected chi connectivity index (χ3v) is 7.67. The first-order valence-corrected chi connectivity index (χ1v) is 13.3. The largest absolute Gasteiger partial charge is 0.353 e. The van der Waals surface area contributed by atoms with Gasteiger partial charge in [0.2, 0.25) is 5.91 Å². The van der Waals surface area contributed by atoms with Crippen LogP contribution in [0, 0.1) is 5.82 Å². The summed E-state index contributed by atoms with van der Waals surface area (Å²) in [6, 6.07) is 12.4. The number of hydrogen-bond donors (Lipinski definition) is 1. The molecule has 7 nitrogen and oxygen atoms in total. The quantitative estimate of drug-likeness (QED) is 0.553.